The van der Waals surface area contributed by atoms with Crippen LogP contribution in [0.15, 0.2) is 70.8 Å². The monoisotopic (exact) mass is 433 g/mol. The Balaban J connectivity index is 1.86. The van der Waals surface area contributed by atoms with Crippen LogP contribution in [0.4, 0.5) is 5.69 Å². The second-order valence-corrected chi connectivity index (χ2v) is 8.45. The van der Waals surface area contributed by atoms with Gasteiger partial charge in [-0.05, 0) is 24.3 Å². The summed E-state index contributed by atoms with van der Waals surface area (Å²) in [6.45, 7) is 5.23. The van der Waals surface area contributed by atoms with Crippen LogP contribution in [0.1, 0.15) is 32.4 Å². The van der Waals surface area contributed by atoms with E-state index in [2.05, 4.69) is 10.1 Å². The van der Waals surface area contributed by atoms with Gasteiger partial charge in [-0.2, -0.15) is 0 Å². The van der Waals surface area contributed by atoms with E-state index < -0.39 is 23.1 Å². The molecule has 0 radical (unpaired) electrons. The molecule has 3 aromatic rings. The van der Waals surface area contributed by atoms with E-state index in [9.17, 15) is 14.7 Å². The highest BCUT2D eigenvalue weighted by Crippen LogP contribution is 2.45. The summed E-state index contributed by atoms with van der Waals surface area (Å²) in [5, 5.41) is 14.7. The number of amides is 1. The molecule has 1 aromatic carbocycles. The highest BCUT2D eigenvalue weighted by molar-refractivity contribution is 6.17. The lowest BCUT2D eigenvalue weighted by Crippen LogP contribution is -2.33. The lowest BCUT2D eigenvalue weighted by Gasteiger charge is -2.29. The molecule has 2 aromatic heterocycles. The lowest BCUT2D eigenvalue weighted by atomic mass is 9.82. The zero-order valence-electron chi connectivity index (χ0n) is 18.2. The molecule has 32 heavy (non-hydrogen) atoms. The summed E-state index contributed by atoms with van der Waals surface area (Å²) in [5.41, 5.74) is 1.66. The molecule has 0 bridgehead atoms. The number of Topliss-reactive ketones (excluding diaryl/α,β-unsaturated/α-hetero) is 1. The molecule has 0 saturated heterocycles. The molecule has 1 atom stereocenters. The number of aliphatic hydroxyl groups is 1. The number of ketones is 1. The van der Waals surface area contributed by atoms with Gasteiger partial charge in [0.2, 0.25) is 5.88 Å². The molecule has 4 rings (SSSR count). The number of ether oxygens (including phenoxy) is 1. The summed E-state index contributed by atoms with van der Waals surface area (Å²) in [5.74, 6) is -1.30. The van der Waals surface area contributed by atoms with Gasteiger partial charge in [-0.25, -0.2) is 4.98 Å². The van der Waals surface area contributed by atoms with E-state index in [-0.39, 0.29) is 17.2 Å². The van der Waals surface area contributed by atoms with Gasteiger partial charge < -0.3 is 14.4 Å². The van der Waals surface area contributed by atoms with Gasteiger partial charge in [-0.15, -0.1) is 0 Å². The Labute approximate surface area is 185 Å². The van der Waals surface area contributed by atoms with Crippen LogP contribution in [0.2, 0.25) is 0 Å². The number of nitrogens with zero attached hydrogens (tertiary/aromatic N) is 3. The van der Waals surface area contributed by atoms with E-state index >= 15 is 0 Å². The number of pyridine rings is 1. The predicted molar refractivity (Wildman–Crippen MR) is 117 cm³/mol. The summed E-state index contributed by atoms with van der Waals surface area (Å²) in [4.78, 5) is 32.2. The van der Waals surface area contributed by atoms with Crippen LogP contribution < -0.4 is 9.64 Å². The topological polar surface area (TPSA) is 106 Å². The molecule has 1 aliphatic heterocycles. The van der Waals surface area contributed by atoms with Crippen molar-refractivity contribution in [3.63, 3.8) is 0 Å². The molecule has 3 heterocycles. The number of aliphatic hydroxyl groups excluding tert-OH is 1. The lowest BCUT2D eigenvalue weighted by molar-refractivity contribution is -0.123. The van der Waals surface area contributed by atoms with Crippen molar-refractivity contribution in [1.82, 2.24) is 10.1 Å². The van der Waals surface area contributed by atoms with Crippen LogP contribution in [0.25, 0.3) is 11.3 Å². The third-order valence-electron chi connectivity index (χ3n) is 5.30. The van der Waals surface area contributed by atoms with Gasteiger partial charge in [0, 0.05) is 34.5 Å². The molecular formula is C24H23N3O5. The van der Waals surface area contributed by atoms with Crippen molar-refractivity contribution in [2.24, 2.45) is 5.41 Å². The largest absolute Gasteiger partial charge is 0.503 e. The molecule has 164 valence electrons. The molecule has 8 nitrogen and oxygen atoms in total. The third-order valence-corrected chi connectivity index (χ3v) is 5.30. The number of carbonyl (C=O) groups excluding carboxylic acids is 2. The van der Waals surface area contributed by atoms with E-state index in [1.54, 1.807) is 69.4 Å². The van der Waals surface area contributed by atoms with Gasteiger partial charge in [-0.1, -0.05) is 38.1 Å². The van der Waals surface area contributed by atoms with Crippen LogP contribution >= 0.6 is 0 Å². The van der Waals surface area contributed by atoms with Crippen molar-refractivity contribution in [2.45, 2.75) is 26.8 Å². The van der Waals surface area contributed by atoms with Crippen molar-refractivity contribution in [2.75, 3.05) is 12.0 Å². The Morgan fingerprint density at radius 1 is 1.16 bits per heavy atom. The molecule has 1 aliphatic rings. The van der Waals surface area contributed by atoms with Crippen LogP contribution in [0, 0.1) is 5.41 Å². The van der Waals surface area contributed by atoms with E-state index in [1.807, 2.05) is 0 Å². The first-order valence-electron chi connectivity index (χ1n) is 10.0. The summed E-state index contributed by atoms with van der Waals surface area (Å²) in [6, 6.07) is 11.3. The van der Waals surface area contributed by atoms with Gasteiger partial charge in [-0.3, -0.25) is 14.5 Å². The van der Waals surface area contributed by atoms with Crippen molar-refractivity contribution in [1.29, 1.82) is 0 Å². The number of hydrogen-bond acceptors (Lipinski definition) is 7. The number of carbonyl (C=O) groups is 2. The number of anilines is 1. The Bertz CT molecular complexity index is 1190. The van der Waals surface area contributed by atoms with Crippen LogP contribution in [-0.4, -0.2) is 34.0 Å². The average molecular weight is 433 g/mol. The minimum atomic E-state index is -0.893. The number of aromatic nitrogens is 2. The average Bonchev–Trinajstić information content (AvgIpc) is 3.40. The van der Waals surface area contributed by atoms with E-state index in [0.717, 1.165) is 5.56 Å². The summed E-state index contributed by atoms with van der Waals surface area (Å²) >= 11 is 0. The molecule has 0 fully saturated rings. The molecular weight excluding hydrogens is 410 g/mol. The number of hydrogen-bond donors (Lipinski definition) is 1. The second-order valence-electron chi connectivity index (χ2n) is 8.45. The maximum Gasteiger partial charge on any atom is 0.294 e. The molecule has 0 saturated carbocycles. The summed E-state index contributed by atoms with van der Waals surface area (Å²) in [6.07, 6.45) is 3.04. The number of methoxy groups -OCH3 is 1. The van der Waals surface area contributed by atoms with Crippen molar-refractivity contribution < 1.29 is 24.0 Å². The van der Waals surface area contributed by atoms with Crippen molar-refractivity contribution in [3.05, 3.63) is 71.8 Å². The van der Waals surface area contributed by atoms with E-state index in [4.69, 9.17) is 9.26 Å². The SMILES string of the molecule is COc1ncccc1C1C(C(=O)C(C)(C)C)=C(O)C(=O)N1c1ccc(-c2ccon2)cc1. The van der Waals surface area contributed by atoms with Crippen molar-refractivity contribution >= 4 is 17.4 Å². The first kappa shape index (κ1) is 21.3. The summed E-state index contributed by atoms with van der Waals surface area (Å²) < 4.78 is 10.3. The quantitative estimate of drug-likeness (QED) is 0.641. The van der Waals surface area contributed by atoms with Gasteiger partial charge >= 0.3 is 0 Å². The fourth-order valence-electron chi connectivity index (χ4n) is 3.74. The Kier molecular flexibility index (Phi) is 5.30. The first-order chi connectivity index (χ1) is 15.2. The normalized spacial score (nSPS) is 16.6. The second kappa shape index (κ2) is 7.96. The Morgan fingerprint density at radius 3 is 2.47 bits per heavy atom. The Morgan fingerprint density at radius 2 is 1.88 bits per heavy atom. The number of rotatable bonds is 5. The molecule has 1 unspecified atom stereocenters. The highest BCUT2D eigenvalue weighted by Gasteiger charge is 2.47. The zero-order valence-corrected chi connectivity index (χ0v) is 18.2. The van der Waals surface area contributed by atoms with Gasteiger partial charge in [0.1, 0.15) is 18.0 Å². The van der Waals surface area contributed by atoms with E-state index in [1.165, 1.54) is 18.3 Å². The first-order valence-corrected chi connectivity index (χ1v) is 10.0. The fourth-order valence-corrected chi connectivity index (χ4v) is 3.74. The van der Waals surface area contributed by atoms with Crippen LogP contribution in [-0.2, 0) is 9.59 Å². The minimum absolute atomic E-state index is 0.0226. The molecule has 1 amide bonds. The summed E-state index contributed by atoms with van der Waals surface area (Å²) in [7, 11) is 1.47. The van der Waals surface area contributed by atoms with Crippen molar-refractivity contribution in [3.8, 4) is 17.1 Å². The Hall–Kier alpha value is -3.94. The predicted octanol–water partition coefficient (Wildman–Crippen LogP) is 4.26. The maximum absolute atomic E-state index is 13.3. The van der Waals surface area contributed by atoms with Gasteiger partial charge in [0.25, 0.3) is 5.91 Å². The minimum Gasteiger partial charge on any atom is -0.503 e. The molecule has 0 aliphatic carbocycles. The van der Waals surface area contributed by atoms with Gasteiger partial charge in [0.15, 0.2) is 11.5 Å². The third kappa shape index (κ3) is 3.53. The standard InChI is InChI=1S/C24H23N3O5/c1-24(2,3)21(29)18-19(16-6-5-12-25-22(16)31-4)27(23(30)20(18)28)15-9-7-14(8-10-15)17-11-13-32-26-17/h5-13,19,28H,1-4H3. The molecule has 8 heteroatoms. The zero-order chi connectivity index (χ0) is 23.0. The molecule has 0 spiro atoms. The number of benzene rings is 1. The van der Waals surface area contributed by atoms with Gasteiger partial charge in [0.05, 0.1) is 12.7 Å². The highest BCUT2D eigenvalue weighted by atomic mass is 16.5. The smallest absolute Gasteiger partial charge is 0.294 e. The van der Waals surface area contributed by atoms with Crippen LogP contribution in [0.5, 0.6) is 5.88 Å². The van der Waals surface area contributed by atoms with Crippen LogP contribution in [0.3, 0.4) is 0 Å². The van der Waals surface area contributed by atoms with E-state index in [0.29, 0.717) is 16.9 Å². The molecule has 1 N–H and O–H groups in total. The fraction of sp³-hybridized carbons (Fsp3) is 0.250. The maximum atomic E-state index is 13.3.